The smallest absolute Gasteiger partial charge is 0.155 e. The Morgan fingerprint density at radius 1 is 1.08 bits per heavy atom. The van der Waals surface area contributed by atoms with E-state index in [0.717, 1.165) is 0 Å². The van der Waals surface area contributed by atoms with Crippen molar-refractivity contribution >= 4 is 9.84 Å². The molecule has 0 unspecified atom stereocenters. The van der Waals surface area contributed by atoms with Gasteiger partial charge in [0, 0.05) is 13.2 Å². The fourth-order valence-corrected chi connectivity index (χ4v) is 3.28. The van der Waals surface area contributed by atoms with Gasteiger partial charge in [-0.2, -0.15) is 0 Å². The number of rotatable bonds is 4. The van der Waals surface area contributed by atoms with E-state index in [9.17, 15) is 8.42 Å². The van der Waals surface area contributed by atoms with Gasteiger partial charge >= 0.3 is 0 Å². The molecule has 1 aliphatic rings. The SMILES string of the molecule is CCO[C@H]1CS(=O)(=O)C[C@H]1OCC. The van der Waals surface area contributed by atoms with Crippen LogP contribution in [0.1, 0.15) is 13.8 Å². The van der Waals surface area contributed by atoms with Crippen LogP contribution in [0.15, 0.2) is 0 Å². The van der Waals surface area contributed by atoms with Gasteiger partial charge in [-0.3, -0.25) is 0 Å². The van der Waals surface area contributed by atoms with E-state index in [-0.39, 0.29) is 23.7 Å². The summed E-state index contributed by atoms with van der Waals surface area (Å²) in [6.07, 6.45) is -0.537. The lowest BCUT2D eigenvalue weighted by atomic mass is 10.2. The van der Waals surface area contributed by atoms with Gasteiger partial charge in [-0.05, 0) is 13.8 Å². The van der Waals surface area contributed by atoms with Crippen LogP contribution in [0.25, 0.3) is 0 Å². The molecule has 0 amide bonds. The first-order chi connectivity index (χ1) is 6.09. The van der Waals surface area contributed by atoms with E-state index in [4.69, 9.17) is 9.47 Å². The van der Waals surface area contributed by atoms with Crippen LogP contribution in [0.3, 0.4) is 0 Å². The molecule has 0 saturated carbocycles. The Hall–Kier alpha value is -0.130. The summed E-state index contributed by atoms with van der Waals surface area (Å²) in [5.74, 6) is 0.205. The van der Waals surface area contributed by atoms with E-state index >= 15 is 0 Å². The standard InChI is InChI=1S/C8H16O4S/c1-3-11-7-5-13(9,10)6-8(7)12-4-2/h7-8H,3-6H2,1-2H3/t7-,8+. The molecule has 0 aromatic heterocycles. The van der Waals surface area contributed by atoms with E-state index in [1.54, 1.807) is 0 Å². The maximum Gasteiger partial charge on any atom is 0.155 e. The second kappa shape index (κ2) is 4.39. The van der Waals surface area contributed by atoms with Crippen molar-refractivity contribution in [2.24, 2.45) is 0 Å². The highest BCUT2D eigenvalue weighted by Crippen LogP contribution is 2.18. The molecule has 5 heteroatoms. The van der Waals surface area contributed by atoms with E-state index in [1.807, 2.05) is 13.8 Å². The summed E-state index contributed by atoms with van der Waals surface area (Å²) >= 11 is 0. The topological polar surface area (TPSA) is 52.6 Å². The van der Waals surface area contributed by atoms with Gasteiger partial charge in [0.1, 0.15) is 0 Å². The fourth-order valence-electron chi connectivity index (χ4n) is 1.52. The number of hydrogen-bond acceptors (Lipinski definition) is 4. The van der Waals surface area contributed by atoms with Crippen LogP contribution in [0, 0.1) is 0 Å². The molecule has 0 aromatic rings. The minimum Gasteiger partial charge on any atom is -0.375 e. The zero-order valence-electron chi connectivity index (χ0n) is 8.02. The summed E-state index contributed by atoms with van der Waals surface area (Å²) in [5.41, 5.74) is 0. The second-order valence-electron chi connectivity index (χ2n) is 3.06. The van der Waals surface area contributed by atoms with Crippen molar-refractivity contribution < 1.29 is 17.9 Å². The predicted octanol–water partition coefficient (Wildman–Crippen LogP) is 0.225. The summed E-state index contributed by atoms with van der Waals surface area (Å²) in [6, 6.07) is 0. The van der Waals surface area contributed by atoms with Crippen molar-refractivity contribution in [3.8, 4) is 0 Å². The molecule has 0 radical (unpaired) electrons. The molecular formula is C8H16O4S. The first-order valence-electron chi connectivity index (χ1n) is 4.52. The van der Waals surface area contributed by atoms with E-state index in [2.05, 4.69) is 0 Å². The second-order valence-corrected chi connectivity index (χ2v) is 5.22. The van der Waals surface area contributed by atoms with Crippen molar-refractivity contribution in [2.45, 2.75) is 26.1 Å². The van der Waals surface area contributed by atoms with Gasteiger partial charge in [-0.15, -0.1) is 0 Å². The fraction of sp³-hybridized carbons (Fsp3) is 1.00. The van der Waals surface area contributed by atoms with E-state index in [0.29, 0.717) is 13.2 Å². The first kappa shape index (κ1) is 10.9. The molecule has 1 aliphatic heterocycles. The van der Waals surface area contributed by atoms with Crippen molar-refractivity contribution in [3.05, 3.63) is 0 Å². The molecule has 4 nitrogen and oxygen atoms in total. The molecule has 13 heavy (non-hydrogen) atoms. The van der Waals surface area contributed by atoms with Gasteiger partial charge in [0.2, 0.25) is 0 Å². The summed E-state index contributed by atoms with van der Waals surface area (Å²) in [7, 11) is -2.94. The van der Waals surface area contributed by atoms with Crippen molar-refractivity contribution in [3.63, 3.8) is 0 Å². The average molecular weight is 208 g/mol. The highest BCUT2D eigenvalue weighted by Gasteiger charge is 2.38. The maximum absolute atomic E-state index is 11.2. The van der Waals surface area contributed by atoms with Crippen LogP contribution < -0.4 is 0 Å². The molecule has 0 bridgehead atoms. The molecule has 0 spiro atoms. The predicted molar refractivity (Wildman–Crippen MR) is 49.5 cm³/mol. The Kier molecular flexibility index (Phi) is 3.70. The lowest BCUT2D eigenvalue weighted by molar-refractivity contribution is -0.0388. The third-order valence-corrected chi connectivity index (χ3v) is 3.69. The first-order valence-corrected chi connectivity index (χ1v) is 6.34. The molecular weight excluding hydrogens is 192 g/mol. The quantitative estimate of drug-likeness (QED) is 0.663. The lowest BCUT2D eigenvalue weighted by Gasteiger charge is -2.17. The van der Waals surface area contributed by atoms with Crippen LogP contribution in [-0.2, 0) is 19.3 Å². The molecule has 1 heterocycles. The highest BCUT2D eigenvalue weighted by atomic mass is 32.2. The number of ether oxygens (including phenoxy) is 2. The molecule has 1 fully saturated rings. The molecule has 1 rings (SSSR count). The molecule has 2 atom stereocenters. The molecule has 78 valence electrons. The zero-order chi connectivity index (χ0) is 9.90. The van der Waals surface area contributed by atoms with E-state index < -0.39 is 9.84 Å². The highest BCUT2D eigenvalue weighted by molar-refractivity contribution is 7.91. The molecule has 0 aromatic carbocycles. The third kappa shape index (κ3) is 2.93. The van der Waals surface area contributed by atoms with Crippen LogP contribution >= 0.6 is 0 Å². The zero-order valence-corrected chi connectivity index (χ0v) is 8.84. The largest absolute Gasteiger partial charge is 0.375 e. The Labute approximate surface area is 79.1 Å². The third-order valence-electron chi connectivity index (χ3n) is 2.01. The minimum atomic E-state index is -2.94. The van der Waals surface area contributed by atoms with Gasteiger partial charge in [-0.1, -0.05) is 0 Å². The van der Waals surface area contributed by atoms with Crippen LogP contribution in [0.5, 0.6) is 0 Å². The summed E-state index contributed by atoms with van der Waals surface area (Å²) in [5, 5.41) is 0. The summed E-state index contributed by atoms with van der Waals surface area (Å²) in [4.78, 5) is 0. The molecule has 0 aliphatic carbocycles. The molecule has 0 N–H and O–H groups in total. The van der Waals surface area contributed by atoms with Crippen molar-refractivity contribution in [1.29, 1.82) is 0 Å². The minimum absolute atomic E-state index is 0.103. The normalized spacial score (nSPS) is 32.2. The average Bonchev–Trinajstić information content (AvgIpc) is 2.28. The van der Waals surface area contributed by atoms with Crippen LogP contribution in [0.4, 0.5) is 0 Å². The monoisotopic (exact) mass is 208 g/mol. The Balaban J connectivity index is 2.60. The Morgan fingerprint density at radius 2 is 1.46 bits per heavy atom. The van der Waals surface area contributed by atoms with Crippen LogP contribution in [-0.4, -0.2) is 45.3 Å². The summed E-state index contributed by atoms with van der Waals surface area (Å²) < 4.78 is 33.1. The number of sulfone groups is 1. The maximum atomic E-state index is 11.2. The van der Waals surface area contributed by atoms with Gasteiger partial charge < -0.3 is 9.47 Å². The Morgan fingerprint density at radius 3 is 1.77 bits per heavy atom. The number of hydrogen-bond donors (Lipinski definition) is 0. The van der Waals surface area contributed by atoms with Gasteiger partial charge in [0.25, 0.3) is 0 Å². The van der Waals surface area contributed by atoms with Gasteiger partial charge in [0.05, 0.1) is 23.7 Å². The van der Waals surface area contributed by atoms with Gasteiger partial charge in [0.15, 0.2) is 9.84 Å². The van der Waals surface area contributed by atoms with E-state index in [1.165, 1.54) is 0 Å². The summed E-state index contributed by atoms with van der Waals surface area (Å²) in [6.45, 7) is 4.77. The lowest BCUT2D eigenvalue weighted by Crippen LogP contribution is -2.29. The van der Waals surface area contributed by atoms with Gasteiger partial charge in [-0.25, -0.2) is 8.42 Å². The Bertz CT molecular complexity index is 227. The van der Waals surface area contributed by atoms with Crippen molar-refractivity contribution in [1.82, 2.24) is 0 Å². The van der Waals surface area contributed by atoms with Crippen LogP contribution in [0.2, 0.25) is 0 Å². The van der Waals surface area contributed by atoms with Crippen molar-refractivity contribution in [2.75, 3.05) is 24.7 Å². The molecule has 1 saturated heterocycles.